The Hall–Kier alpha value is -3.61. The summed E-state index contributed by atoms with van der Waals surface area (Å²) in [5, 5.41) is 14.7. The number of aliphatic carboxylic acids is 1. The monoisotopic (exact) mass is 460 g/mol. The molecular weight excluding hydrogens is 432 g/mol. The van der Waals surface area contributed by atoms with Crippen molar-refractivity contribution in [2.24, 2.45) is 17.8 Å². The highest BCUT2D eigenvalue weighted by Crippen LogP contribution is 2.44. The van der Waals surface area contributed by atoms with Gasteiger partial charge >= 0.3 is 12.1 Å². The summed E-state index contributed by atoms with van der Waals surface area (Å²) >= 11 is 0. The number of hydrogen-bond donors (Lipinski definition) is 3. The molecule has 3 aliphatic rings. The highest BCUT2D eigenvalue weighted by Gasteiger charge is 2.43. The summed E-state index contributed by atoms with van der Waals surface area (Å²) in [5.74, 6) is -1.47. The number of allylic oxidation sites excluding steroid dienone is 1. The van der Waals surface area contributed by atoms with Gasteiger partial charge in [-0.3, -0.25) is 9.59 Å². The zero-order valence-corrected chi connectivity index (χ0v) is 18.8. The fourth-order valence-electron chi connectivity index (χ4n) is 5.15. The molecule has 0 aliphatic heterocycles. The SMILES string of the molecule is O=C(N[C@@H]1C=CC[C@@H](C(=O)NC[C@@H]2C[C@@H]2C(=O)O)C1)OCC1c2ccccc2-c2ccccc21. The Morgan fingerprint density at radius 1 is 0.971 bits per heavy atom. The van der Waals surface area contributed by atoms with E-state index in [0.29, 0.717) is 25.8 Å². The van der Waals surface area contributed by atoms with E-state index in [1.54, 1.807) is 0 Å². The number of ether oxygens (including phenoxy) is 1. The molecule has 176 valence electrons. The lowest BCUT2D eigenvalue weighted by molar-refractivity contribution is -0.139. The molecule has 0 unspecified atom stereocenters. The summed E-state index contributed by atoms with van der Waals surface area (Å²) in [6.45, 7) is 0.632. The van der Waals surface area contributed by atoms with Gasteiger partial charge in [0.15, 0.2) is 0 Å². The van der Waals surface area contributed by atoms with Gasteiger partial charge in [-0.15, -0.1) is 0 Å². The van der Waals surface area contributed by atoms with Crippen molar-refractivity contribution in [3.05, 3.63) is 71.8 Å². The minimum atomic E-state index is -0.799. The van der Waals surface area contributed by atoms with Gasteiger partial charge in [0.2, 0.25) is 5.91 Å². The number of amides is 2. The fraction of sp³-hybridized carbons (Fsp3) is 0.370. The van der Waals surface area contributed by atoms with E-state index in [0.717, 1.165) is 11.1 Å². The van der Waals surface area contributed by atoms with Crippen LogP contribution in [0, 0.1) is 17.8 Å². The van der Waals surface area contributed by atoms with Crippen LogP contribution in [0.1, 0.15) is 36.3 Å². The first kappa shape index (κ1) is 22.2. The maximum absolute atomic E-state index is 12.6. The molecule has 2 amide bonds. The number of hydrogen-bond acceptors (Lipinski definition) is 4. The van der Waals surface area contributed by atoms with Gasteiger partial charge in [0, 0.05) is 18.4 Å². The zero-order valence-electron chi connectivity index (χ0n) is 18.8. The van der Waals surface area contributed by atoms with E-state index >= 15 is 0 Å². The van der Waals surface area contributed by atoms with Gasteiger partial charge in [-0.1, -0.05) is 60.7 Å². The van der Waals surface area contributed by atoms with Crippen LogP contribution in [0.15, 0.2) is 60.7 Å². The largest absolute Gasteiger partial charge is 0.481 e. The Balaban J connectivity index is 1.12. The number of carboxylic acid groups (broad SMARTS) is 1. The average molecular weight is 461 g/mol. The minimum Gasteiger partial charge on any atom is -0.481 e. The summed E-state index contributed by atoms with van der Waals surface area (Å²) in [4.78, 5) is 36.1. The minimum absolute atomic E-state index is 0.00405. The molecule has 4 atom stereocenters. The van der Waals surface area contributed by atoms with Gasteiger partial charge in [-0.2, -0.15) is 0 Å². The van der Waals surface area contributed by atoms with Crippen LogP contribution in [0.3, 0.4) is 0 Å². The van der Waals surface area contributed by atoms with Crippen LogP contribution in [-0.2, 0) is 14.3 Å². The Labute approximate surface area is 198 Å². The lowest BCUT2D eigenvalue weighted by atomic mass is 9.90. The highest BCUT2D eigenvalue weighted by atomic mass is 16.5. The molecule has 3 N–H and O–H groups in total. The normalized spacial score (nSPS) is 24.6. The number of carboxylic acids is 1. The Morgan fingerprint density at radius 3 is 2.29 bits per heavy atom. The average Bonchev–Trinajstić information content (AvgIpc) is 3.57. The van der Waals surface area contributed by atoms with Crippen molar-refractivity contribution in [2.45, 2.75) is 31.2 Å². The second-order valence-electron chi connectivity index (χ2n) is 9.36. The smallest absolute Gasteiger partial charge is 0.407 e. The van der Waals surface area contributed by atoms with Crippen molar-refractivity contribution in [3.8, 4) is 11.1 Å². The molecule has 0 heterocycles. The molecule has 7 heteroatoms. The van der Waals surface area contributed by atoms with E-state index < -0.39 is 12.1 Å². The number of carbonyl (C=O) groups is 3. The van der Waals surface area contributed by atoms with Gasteiger partial charge in [0.05, 0.1) is 12.0 Å². The lowest BCUT2D eigenvalue weighted by Gasteiger charge is -2.25. The summed E-state index contributed by atoms with van der Waals surface area (Å²) < 4.78 is 5.62. The lowest BCUT2D eigenvalue weighted by Crippen LogP contribution is -2.41. The van der Waals surface area contributed by atoms with Crippen LogP contribution in [0.2, 0.25) is 0 Å². The van der Waals surface area contributed by atoms with Gasteiger partial charge in [-0.05, 0) is 47.4 Å². The van der Waals surface area contributed by atoms with Crippen molar-refractivity contribution in [1.29, 1.82) is 0 Å². The molecule has 0 bridgehead atoms. The predicted octanol–water partition coefficient (Wildman–Crippen LogP) is 3.70. The number of nitrogens with one attached hydrogen (secondary N) is 2. The number of carbonyl (C=O) groups excluding carboxylic acids is 2. The standard InChI is InChI=1S/C27H28N2O5/c30-25(28-14-17-13-23(17)26(31)32)16-6-5-7-18(12-16)29-27(33)34-15-24-21-10-3-1-8-19(21)20-9-2-4-11-22(20)24/h1-5,7-11,16-18,23-24H,6,12-15H2,(H,28,30)(H,29,33)(H,31,32)/t16-,17+,18-,23+/m1/s1. The number of rotatable bonds is 7. The van der Waals surface area contributed by atoms with E-state index in [-0.39, 0.29) is 42.2 Å². The molecule has 0 spiro atoms. The van der Waals surface area contributed by atoms with Crippen LogP contribution in [0.5, 0.6) is 0 Å². The van der Waals surface area contributed by atoms with E-state index in [9.17, 15) is 14.4 Å². The molecule has 1 saturated carbocycles. The molecule has 2 aromatic carbocycles. The van der Waals surface area contributed by atoms with Gasteiger partial charge in [0.25, 0.3) is 0 Å². The summed E-state index contributed by atoms with van der Waals surface area (Å²) in [6.07, 6.45) is 5.00. The molecule has 34 heavy (non-hydrogen) atoms. The molecular formula is C27H28N2O5. The van der Waals surface area contributed by atoms with Gasteiger partial charge in [-0.25, -0.2) is 4.79 Å². The first-order chi connectivity index (χ1) is 16.5. The van der Waals surface area contributed by atoms with Crippen LogP contribution in [-0.4, -0.2) is 42.3 Å². The van der Waals surface area contributed by atoms with E-state index in [1.807, 2.05) is 36.4 Å². The third-order valence-corrected chi connectivity index (χ3v) is 7.12. The maximum Gasteiger partial charge on any atom is 0.407 e. The Kier molecular flexibility index (Phi) is 6.09. The highest BCUT2D eigenvalue weighted by molar-refractivity contribution is 5.80. The van der Waals surface area contributed by atoms with Crippen LogP contribution in [0.4, 0.5) is 4.79 Å². The molecule has 3 aliphatic carbocycles. The summed E-state index contributed by atoms with van der Waals surface area (Å²) in [5.41, 5.74) is 4.67. The number of benzene rings is 2. The number of alkyl carbamates (subject to hydrolysis) is 1. The van der Waals surface area contributed by atoms with Crippen molar-refractivity contribution in [2.75, 3.05) is 13.2 Å². The third kappa shape index (κ3) is 4.55. The Morgan fingerprint density at radius 2 is 1.65 bits per heavy atom. The summed E-state index contributed by atoms with van der Waals surface area (Å²) in [6, 6.07) is 16.1. The summed E-state index contributed by atoms with van der Waals surface area (Å²) in [7, 11) is 0. The van der Waals surface area contributed by atoms with Crippen molar-refractivity contribution >= 4 is 18.0 Å². The van der Waals surface area contributed by atoms with Crippen molar-refractivity contribution in [3.63, 3.8) is 0 Å². The van der Waals surface area contributed by atoms with E-state index in [2.05, 4.69) is 34.9 Å². The van der Waals surface area contributed by atoms with Gasteiger partial charge in [0.1, 0.15) is 6.61 Å². The molecule has 0 aromatic heterocycles. The molecule has 7 nitrogen and oxygen atoms in total. The fourth-order valence-corrected chi connectivity index (χ4v) is 5.15. The van der Waals surface area contributed by atoms with Crippen molar-refractivity contribution in [1.82, 2.24) is 10.6 Å². The van der Waals surface area contributed by atoms with E-state index in [1.165, 1.54) is 11.1 Å². The van der Waals surface area contributed by atoms with Gasteiger partial charge < -0.3 is 20.5 Å². The molecule has 0 radical (unpaired) electrons. The van der Waals surface area contributed by atoms with Crippen molar-refractivity contribution < 1.29 is 24.2 Å². The predicted molar refractivity (Wildman–Crippen MR) is 126 cm³/mol. The molecule has 0 saturated heterocycles. The maximum atomic E-state index is 12.6. The quantitative estimate of drug-likeness (QED) is 0.547. The van der Waals surface area contributed by atoms with Crippen LogP contribution < -0.4 is 10.6 Å². The Bertz CT molecular complexity index is 1100. The second kappa shape index (κ2) is 9.33. The van der Waals surface area contributed by atoms with E-state index in [4.69, 9.17) is 9.84 Å². The topological polar surface area (TPSA) is 105 Å². The molecule has 5 rings (SSSR count). The van der Waals surface area contributed by atoms with Crippen LogP contribution in [0.25, 0.3) is 11.1 Å². The zero-order chi connectivity index (χ0) is 23.7. The second-order valence-corrected chi connectivity index (χ2v) is 9.36. The first-order valence-electron chi connectivity index (χ1n) is 11.8. The first-order valence-corrected chi connectivity index (χ1v) is 11.8. The molecule has 2 aromatic rings. The van der Waals surface area contributed by atoms with Crippen LogP contribution >= 0.6 is 0 Å². The third-order valence-electron chi connectivity index (χ3n) is 7.12. The number of fused-ring (bicyclic) bond motifs is 3. The molecule has 1 fully saturated rings.